The number of hydrogen-bond donors (Lipinski definition) is 1. The highest BCUT2D eigenvalue weighted by Crippen LogP contribution is 2.29. The van der Waals surface area contributed by atoms with Gasteiger partial charge in [0.15, 0.2) is 11.0 Å². The summed E-state index contributed by atoms with van der Waals surface area (Å²) in [7, 11) is 0. The van der Waals surface area contributed by atoms with E-state index in [0.717, 1.165) is 28.2 Å². The van der Waals surface area contributed by atoms with E-state index in [1.54, 1.807) is 18.2 Å². The number of halogens is 2. The molecular weight excluding hydrogens is 463 g/mol. The first-order valence-corrected chi connectivity index (χ1v) is 11.6. The number of carbonyl (C=O) groups is 1. The lowest BCUT2D eigenvalue weighted by molar-refractivity contribution is -0.113. The second kappa shape index (κ2) is 9.77. The molecule has 0 spiro atoms. The number of thioether (sulfide) groups is 1. The highest BCUT2D eigenvalue weighted by molar-refractivity contribution is 7.99. The number of rotatable bonds is 6. The molecule has 0 saturated carbocycles. The Morgan fingerprint density at radius 3 is 2.50 bits per heavy atom. The number of aromatic nitrogens is 3. The van der Waals surface area contributed by atoms with E-state index in [-0.39, 0.29) is 11.7 Å². The van der Waals surface area contributed by atoms with Crippen molar-refractivity contribution in [2.24, 2.45) is 0 Å². The molecule has 1 heterocycles. The van der Waals surface area contributed by atoms with Gasteiger partial charge >= 0.3 is 0 Å². The van der Waals surface area contributed by atoms with Crippen LogP contribution in [0.4, 0.5) is 5.69 Å². The van der Waals surface area contributed by atoms with Crippen molar-refractivity contribution in [3.63, 3.8) is 0 Å². The fraction of sp³-hybridized carbons (Fsp3) is 0.125. The van der Waals surface area contributed by atoms with Gasteiger partial charge in [0.25, 0.3) is 0 Å². The number of benzene rings is 3. The first-order chi connectivity index (χ1) is 15.4. The molecule has 3 aromatic carbocycles. The van der Waals surface area contributed by atoms with Crippen LogP contribution in [0.3, 0.4) is 0 Å². The fourth-order valence-electron chi connectivity index (χ4n) is 3.17. The molecule has 162 valence electrons. The molecule has 0 aliphatic rings. The topological polar surface area (TPSA) is 59.8 Å². The lowest BCUT2D eigenvalue weighted by Crippen LogP contribution is -2.15. The molecule has 4 aromatic rings. The van der Waals surface area contributed by atoms with Gasteiger partial charge < -0.3 is 5.32 Å². The smallest absolute Gasteiger partial charge is 0.234 e. The monoisotopic (exact) mass is 482 g/mol. The van der Waals surface area contributed by atoms with E-state index in [1.165, 1.54) is 11.8 Å². The molecule has 0 radical (unpaired) electrons. The Morgan fingerprint density at radius 2 is 1.75 bits per heavy atom. The number of aryl methyl sites for hydroxylation is 2. The van der Waals surface area contributed by atoms with Gasteiger partial charge in [-0.2, -0.15) is 0 Å². The summed E-state index contributed by atoms with van der Waals surface area (Å²) in [5.74, 6) is 0.647. The number of nitrogens with one attached hydrogen (secondary N) is 1. The van der Waals surface area contributed by atoms with Crippen molar-refractivity contribution in [2.45, 2.75) is 19.0 Å². The van der Waals surface area contributed by atoms with Crippen LogP contribution in [0.5, 0.6) is 0 Å². The molecule has 0 unspecified atom stereocenters. The molecule has 1 N–H and O–H groups in total. The van der Waals surface area contributed by atoms with Crippen molar-refractivity contribution >= 4 is 46.6 Å². The van der Waals surface area contributed by atoms with Gasteiger partial charge in [-0.3, -0.25) is 9.36 Å². The minimum atomic E-state index is -0.213. The van der Waals surface area contributed by atoms with Crippen LogP contribution in [-0.4, -0.2) is 26.4 Å². The third-order valence-corrected chi connectivity index (χ3v) is 6.23. The van der Waals surface area contributed by atoms with E-state index in [4.69, 9.17) is 23.2 Å². The van der Waals surface area contributed by atoms with Crippen molar-refractivity contribution in [1.82, 2.24) is 14.8 Å². The number of hydrogen-bond acceptors (Lipinski definition) is 4. The zero-order chi connectivity index (χ0) is 22.7. The maximum absolute atomic E-state index is 12.6. The first kappa shape index (κ1) is 22.4. The Kier molecular flexibility index (Phi) is 6.84. The van der Waals surface area contributed by atoms with Gasteiger partial charge in [0.1, 0.15) is 0 Å². The van der Waals surface area contributed by atoms with E-state index in [1.807, 2.05) is 60.9 Å². The second-order valence-electron chi connectivity index (χ2n) is 7.31. The van der Waals surface area contributed by atoms with Gasteiger partial charge in [0.05, 0.1) is 16.5 Å². The van der Waals surface area contributed by atoms with Crippen LogP contribution in [0.2, 0.25) is 10.0 Å². The van der Waals surface area contributed by atoms with Crippen LogP contribution in [-0.2, 0) is 4.79 Å². The lowest BCUT2D eigenvalue weighted by atomic mass is 10.1. The summed E-state index contributed by atoms with van der Waals surface area (Å²) in [6, 6.07) is 21.2. The van der Waals surface area contributed by atoms with E-state index >= 15 is 0 Å². The van der Waals surface area contributed by atoms with E-state index in [9.17, 15) is 4.79 Å². The molecule has 0 fully saturated rings. The summed E-state index contributed by atoms with van der Waals surface area (Å²) in [5.41, 5.74) is 4.65. The zero-order valence-corrected chi connectivity index (χ0v) is 19.8. The first-order valence-electron chi connectivity index (χ1n) is 9.88. The minimum absolute atomic E-state index is 0.140. The maximum atomic E-state index is 12.6. The molecule has 0 bridgehead atoms. The Balaban J connectivity index is 1.61. The summed E-state index contributed by atoms with van der Waals surface area (Å²) in [5, 5.41) is 13.2. The van der Waals surface area contributed by atoms with Crippen molar-refractivity contribution in [1.29, 1.82) is 0 Å². The molecular formula is C24H20Cl2N4OS. The molecule has 0 aliphatic heterocycles. The molecule has 32 heavy (non-hydrogen) atoms. The SMILES string of the molecule is Cc1ccc(-n2c(SCC(=O)Nc3cc(Cl)ccc3Cl)nnc2-c2cccc(C)c2)cc1. The minimum Gasteiger partial charge on any atom is -0.324 e. The lowest BCUT2D eigenvalue weighted by Gasteiger charge is -2.11. The van der Waals surface area contributed by atoms with E-state index in [0.29, 0.717) is 20.9 Å². The van der Waals surface area contributed by atoms with Crippen LogP contribution in [0, 0.1) is 13.8 Å². The summed E-state index contributed by atoms with van der Waals surface area (Å²) < 4.78 is 1.97. The molecule has 0 saturated heterocycles. The van der Waals surface area contributed by atoms with Crippen molar-refractivity contribution in [2.75, 3.05) is 11.1 Å². The van der Waals surface area contributed by atoms with Crippen LogP contribution in [0.15, 0.2) is 71.9 Å². The molecule has 1 amide bonds. The molecule has 8 heteroatoms. The highest BCUT2D eigenvalue weighted by Gasteiger charge is 2.18. The van der Waals surface area contributed by atoms with Gasteiger partial charge in [-0.05, 0) is 50.2 Å². The van der Waals surface area contributed by atoms with Gasteiger partial charge in [0, 0.05) is 16.3 Å². The zero-order valence-electron chi connectivity index (χ0n) is 17.5. The Labute approximate surface area is 200 Å². The fourth-order valence-corrected chi connectivity index (χ4v) is 4.26. The largest absolute Gasteiger partial charge is 0.324 e. The standard InChI is InChI=1S/C24H20Cl2N4OS/c1-15-6-9-19(10-7-15)30-23(17-5-3-4-16(2)12-17)28-29-24(30)32-14-22(31)27-21-13-18(25)8-11-20(21)26/h3-13H,14H2,1-2H3,(H,27,31). The van der Waals surface area contributed by atoms with Crippen molar-refractivity contribution < 1.29 is 4.79 Å². The summed E-state index contributed by atoms with van der Waals surface area (Å²) >= 11 is 13.5. The Bertz CT molecular complexity index is 1270. The summed E-state index contributed by atoms with van der Waals surface area (Å²) in [6.45, 7) is 4.08. The molecule has 4 rings (SSSR count). The van der Waals surface area contributed by atoms with Crippen LogP contribution >= 0.6 is 35.0 Å². The van der Waals surface area contributed by atoms with Crippen LogP contribution in [0.25, 0.3) is 17.1 Å². The number of amides is 1. The average Bonchev–Trinajstić information content (AvgIpc) is 3.19. The molecule has 1 aromatic heterocycles. The molecule has 0 atom stereocenters. The van der Waals surface area contributed by atoms with E-state index < -0.39 is 0 Å². The van der Waals surface area contributed by atoms with Crippen molar-refractivity contribution in [3.8, 4) is 17.1 Å². The van der Waals surface area contributed by atoms with Gasteiger partial charge in [-0.15, -0.1) is 10.2 Å². The predicted octanol–water partition coefficient (Wildman–Crippen LogP) is 6.59. The van der Waals surface area contributed by atoms with Crippen LogP contribution < -0.4 is 5.32 Å². The quantitative estimate of drug-likeness (QED) is 0.315. The third kappa shape index (κ3) is 5.15. The Morgan fingerprint density at radius 1 is 0.969 bits per heavy atom. The number of nitrogens with zero attached hydrogens (tertiary/aromatic N) is 3. The number of carbonyl (C=O) groups excluding carboxylic acids is 1. The van der Waals surface area contributed by atoms with E-state index in [2.05, 4.69) is 21.6 Å². The molecule has 0 aliphatic carbocycles. The highest BCUT2D eigenvalue weighted by atomic mass is 35.5. The van der Waals surface area contributed by atoms with Gasteiger partial charge in [-0.1, -0.05) is 76.4 Å². The normalized spacial score (nSPS) is 10.9. The van der Waals surface area contributed by atoms with Gasteiger partial charge in [-0.25, -0.2) is 0 Å². The number of anilines is 1. The van der Waals surface area contributed by atoms with Gasteiger partial charge in [0.2, 0.25) is 5.91 Å². The third-order valence-electron chi connectivity index (χ3n) is 4.74. The average molecular weight is 483 g/mol. The Hall–Kier alpha value is -2.80. The maximum Gasteiger partial charge on any atom is 0.234 e. The molecule has 5 nitrogen and oxygen atoms in total. The van der Waals surface area contributed by atoms with Crippen LogP contribution in [0.1, 0.15) is 11.1 Å². The van der Waals surface area contributed by atoms with Crippen molar-refractivity contribution in [3.05, 3.63) is 87.9 Å². The predicted molar refractivity (Wildman–Crippen MR) is 132 cm³/mol. The summed E-state index contributed by atoms with van der Waals surface area (Å²) in [6.07, 6.45) is 0. The second-order valence-corrected chi connectivity index (χ2v) is 9.09. The summed E-state index contributed by atoms with van der Waals surface area (Å²) in [4.78, 5) is 12.6.